The largest absolute Gasteiger partial charge is 0.496 e. The third-order valence-corrected chi connectivity index (χ3v) is 5.75. The number of methoxy groups -OCH3 is 2. The molecule has 1 heterocycles. The van der Waals surface area contributed by atoms with Gasteiger partial charge in [0.2, 0.25) is 0 Å². The number of likely N-dealkylation sites (tertiary alicyclic amines) is 1. The van der Waals surface area contributed by atoms with Crippen molar-refractivity contribution in [3.63, 3.8) is 0 Å². The fourth-order valence-corrected chi connectivity index (χ4v) is 4.12. The summed E-state index contributed by atoms with van der Waals surface area (Å²) in [7, 11) is 5.72. The average Bonchev–Trinajstić information content (AvgIpc) is 2.73. The summed E-state index contributed by atoms with van der Waals surface area (Å²) in [6.07, 6.45) is 3.67. The van der Waals surface area contributed by atoms with Gasteiger partial charge >= 0.3 is 0 Å². The van der Waals surface area contributed by atoms with Gasteiger partial charge in [-0.2, -0.15) is 0 Å². The zero-order valence-corrected chi connectivity index (χ0v) is 17.6. The molecule has 4 heteroatoms. The molecule has 0 saturated carbocycles. The Kier molecular flexibility index (Phi) is 7.90. The van der Waals surface area contributed by atoms with Crippen molar-refractivity contribution in [2.45, 2.75) is 38.5 Å². The molecule has 4 nitrogen and oxygen atoms in total. The quantitative estimate of drug-likeness (QED) is 0.655. The van der Waals surface area contributed by atoms with E-state index in [1.807, 2.05) is 0 Å². The van der Waals surface area contributed by atoms with Crippen LogP contribution in [0.4, 0.5) is 0 Å². The van der Waals surface area contributed by atoms with E-state index in [0.717, 1.165) is 37.4 Å². The lowest BCUT2D eigenvalue weighted by Crippen LogP contribution is -2.46. The van der Waals surface area contributed by atoms with E-state index in [0.29, 0.717) is 12.6 Å². The van der Waals surface area contributed by atoms with Gasteiger partial charge in [0.15, 0.2) is 0 Å². The van der Waals surface area contributed by atoms with E-state index in [1.165, 1.54) is 30.5 Å². The number of benzene rings is 2. The minimum absolute atomic E-state index is 0.585. The van der Waals surface area contributed by atoms with Gasteiger partial charge in [0.25, 0.3) is 0 Å². The molecule has 0 N–H and O–H groups in total. The van der Waals surface area contributed by atoms with E-state index in [4.69, 9.17) is 9.47 Å². The fourth-order valence-electron chi connectivity index (χ4n) is 4.12. The van der Waals surface area contributed by atoms with E-state index in [9.17, 15) is 0 Å². The minimum atomic E-state index is 0.585. The van der Waals surface area contributed by atoms with E-state index in [-0.39, 0.29) is 0 Å². The monoisotopic (exact) mass is 382 g/mol. The lowest BCUT2D eigenvalue weighted by atomic mass is 10.0. The summed E-state index contributed by atoms with van der Waals surface area (Å²) in [5.74, 6) is 0.905. The zero-order chi connectivity index (χ0) is 19.8. The maximum atomic E-state index is 5.45. The van der Waals surface area contributed by atoms with Crippen LogP contribution >= 0.6 is 0 Å². The van der Waals surface area contributed by atoms with Crippen molar-refractivity contribution in [3.8, 4) is 5.75 Å². The van der Waals surface area contributed by atoms with Gasteiger partial charge in [-0.3, -0.25) is 4.90 Å². The Labute approximate surface area is 170 Å². The zero-order valence-electron chi connectivity index (χ0n) is 17.6. The van der Waals surface area contributed by atoms with Crippen LogP contribution in [0.5, 0.6) is 5.75 Å². The van der Waals surface area contributed by atoms with Crippen LogP contribution in [-0.2, 0) is 24.3 Å². The molecule has 2 aromatic rings. The molecule has 0 bridgehead atoms. The molecule has 1 unspecified atom stereocenters. The Morgan fingerprint density at radius 3 is 2.64 bits per heavy atom. The first-order chi connectivity index (χ1) is 13.7. The van der Waals surface area contributed by atoms with Crippen molar-refractivity contribution >= 4 is 0 Å². The van der Waals surface area contributed by atoms with Gasteiger partial charge in [-0.25, -0.2) is 0 Å². The molecule has 1 saturated heterocycles. The Hall–Kier alpha value is -1.88. The van der Waals surface area contributed by atoms with Crippen LogP contribution in [0, 0.1) is 0 Å². The maximum absolute atomic E-state index is 5.45. The third kappa shape index (κ3) is 5.81. The Morgan fingerprint density at radius 2 is 1.89 bits per heavy atom. The number of likely N-dealkylation sites (N-methyl/N-ethyl adjacent to an activating group) is 1. The summed E-state index contributed by atoms with van der Waals surface area (Å²) in [4.78, 5) is 5.13. The number of piperidine rings is 1. The number of rotatable bonds is 9. The van der Waals surface area contributed by atoms with Crippen LogP contribution in [0.15, 0.2) is 48.5 Å². The lowest BCUT2D eigenvalue weighted by Gasteiger charge is -2.38. The summed E-state index contributed by atoms with van der Waals surface area (Å²) in [6, 6.07) is 17.9. The molecule has 1 aliphatic heterocycles. The Morgan fingerprint density at radius 1 is 1.07 bits per heavy atom. The smallest absolute Gasteiger partial charge is 0.124 e. The van der Waals surface area contributed by atoms with Crippen molar-refractivity contribution in [2.24, 2.45) is 0 Å². The Bertz CT molecular complexity index is 720. The molecular weight excluding hydrogens is 348 g/mol. The van der Waals surface area contributed by atoms with E-state index >= 15 is 0 Å². The predicted octanol–water partition coefficient (Wildman–Crippen LogP) is 3.98. The van der Waals surface area contributed by atoms with Crippen molar-refractivity contribution in [3.05, 3.63) is 65.2 Å². The molecule has 0 spiro atoms. The predicted molar refractivity (Wildman–Crippen MR) is 115 cm³/mol. The van der Waals surface area contributed by atoms with Crippen molar-refractivity contribution in [2.75, 3.05) is 40.9 Å². The SMILES string of the molecule is COCc1cc(CN2CCCC(N(C)CCc3ccccc3)C2)ccc1OC. The highest BCUT2D eigenvalue weighted by Crippen LogP contribution is 2.23. The molecule has 2 aromatic carbocycles. The van der Waals surface area contributed by atoms with Crippen LogP contribution in [0.25, 0.3) is 0 Å². The number of nitrogens with zero attached hydrogens (tertiary/aromatic N) is 2. The maximum Gasteiger partial charge on any atom is 0.124 e. The van der Waals surface area contributed by atoms with Crippen molar-refractivity contribution < 1.29 is 9.47 Å². The van der Waals surface area contributed by atoms with Crippen molar-refractivity contribution in [1.82, 2.24) is 9.80 Å². The van der Waals surface area contributed by atoms with Gasteiger partial charge < -0.3 is 14.4 Å². The first kappa shape index (κ1) is 20.8. The van der Waals surface area contributed by atoms with Gasteiger partial charge in [0.05, 0.1) is 13.7 Å². The topological polar surface area (TPSA) is 24.9 Å². The molecule has 1 atom stereocenters. The average molecular weight is 383 g/mol. The number of hydrogen-bond donors (Lipinski definition) is 0. The standard InChI is InChI=1S/C24H34N2O2/c1-25(15-13-20-8-5-4-6-9-20)23-10-7-14-26(18-23)17-21-11-12-24(28-3)22(16-21)19-27-2/h4-6,8-9,11-12,16,23H,7,10,13-15,17-19H2,1-3H3. The molecule has 0 amide bonds. The molecule has 1 fully saturated rings. The van der Waals surface area contributed by atoms with E-state index in [1.54, 1.807) is 14.2 Å². The van der Waals surface area contributed by atoms with Crippen LogP contribution < -0.4 is 4.74 Å². The van der Waals surface area contributed by atoms with Gasteiger partial charge in [-0.1, -0.05) is 36.4 Å². The van der Waals surface area contributed by atoms with Crippen LogP contribution in [-0.4, -0.2) is 56.7 Å². The lowest BCUT2D eigenvalue weighted by molar-refractivity contribution is 0.112. The molecule has 3 rings (SSSR count). The second-order valence-corrected chi connectivity index (χ2v) is 7.83. The second kappa shape index (κ2) is 10.6. The summed E-state index contributed by atoms with van der Waals surface area (Å²) in [5, 5.41) is 0. The molecule has 28 heavy (non-hydrogen) atoms. The minimum Gasteiger partial charge on any atom is -0.496 e. The molecule has 0 aliphatic carbocycles. The van der Waals surface area contributed by atoms with Crippen LogP contribution in [0.3, 0.4) is 0 Å². The van der Waals surface area contributed by atoms with Crippen molar-refractivity contribution in [1.29, 1.82) is 0 Å². The summed E-state index contributed by atoms with van der Waals surface area (Å²) >= 11 is 0. The number of ether oxygens (including phenoxy) is 2. The first-order valence-corrected chi connectivity index (χ1v) is 10.3. The Balaban J connectivity index is 1.55. The summed E-state index contributed by atoms with van der Waals surface area (Å²) < 4.78 is 10.8. The molecule has 0 aromatic heterocycles. The highest BCUT2D eigenvalue weighted by Gasteiger charge is 2.23. The summed E-state index contributed by atoms with van der Waals surface area (Å²) in [6.45, 7) is 5.00. The molecular formula is C24H34N2O2. The molecule has 0 radical (unpaired) electrons. The molecule has 1 aliphatic rings. The van der Waals surface area contributed by atoms with Crippen LogP contribution in [0.2, 0.25) is 0 Å². The second-order valence-electron chi connectivity index (χ2n) is 7.83. The fraction of sp³-hybridized carbons (Fsp3) is 0.500. The normalized spacial score (nSPS) is 17.8. The molecule has 152 valence electrons. The van der Waals surface area contributed by atoms with Gasteiger partial charge in [0, 0.05) is 38.3 Å². The van der Waals surface area contributed by atoms with E-state index < -0.39 is 0 Å². The first-order valence-electron chi connectivity index (χ1n) is 10.3. The highest BCUT2D eigenvalue weighted by molar-refractivity contribution is 5.37. The van der Waals surface area contributed by atoms with Gasteiger partial charge in [-0.15, -0.1) is 0 Å². The van der Waals surface area contributed by atoms with Gasteiger partial charge in [0.1, 0.15) is 5.75 Å². The third-order valence-electron chi connectivity index (χ3n) is 5.75. The van der Waals surface area contributed by atoms with Gasteiger partial charge in [-0.05, 0) is 56.1 Å². The highest BCUT2D eigenvalue weighted by atomic mass is 16.5. The summed E-state index contributed by atoms with van der Waals surface area (Å²) in [5.41, 5.74) is 3.88. The van der Waals surface area contributed by atoms with Crippen LogP contribution in [0.1, 0.15) is 29.5 Å². The number of hydrogen-bond acceptors (Lipinski definition) is 4. The van der Waals surface area contributed by atoms with E-state index in [2.05, 4.69) is 65.4 Å².